The van der Waals surface area contributed by atoms with Gasteiger partial charge >= 0.3 is 0 Å². The highest BCUT2D eigenvalue weighted by atomic mass is 19.1. The average Bonchev–Trinajstić information content (AvgIpc) is 2.52. The van der Waals surface area contributed by atoms with Crippen molar-refractivity contribution in [1.82, 2.24) is 0 Å². The maximum atomic E-state index is 13.7. The molecule has 1 aliphatic rings. The summed E-state index contributed by atoms with van der Waals surface area (Å²) in [4.78, 5) is 0. The molecular formula is C18H21F2N. The highest BCUT2D eigenvalue weighted by Gasteiger charge is 2.22. The van der Waals surface area contributed by atoms with Crippen LogP contribution < -0.4 is 0 Å². The quantitative estimate of drug-likeness (QED) is 0.645. The predicted octanol–water partition coefficient (Wildman–Crippen LogP) is 5.62. The molecule has 112 valence electrons. The molecule has 1 aromatic rings. The van der Waals surface area contributed by atoms with Gasteiger partial charge in [0.05, 0.1) is 11.9 Å². The van der Waals surface area contributed by atoms with E-state index in [1.807, 2.05) is 12.1 Å². The fourth-order valence-electron chi connectivity index (χ4n) is 3.25. The van der Waals surface area contributed by atoms with Crippen LogP contribution in [0.5, 0.6) is 0 Å². The van der Waals surface area contributed by atoms with Gasteiger partial charge in [-0.25, -0.2) is 8.78 Å². The molecule has 1 saturated carbocycles. The van der Waals surface area contributed by atoms with Gasteiger partial charge in [0.1, 0.15) is 11.9 Å². The number of benzene rings is 1. The normalized spacial score (nSPS) is 22.3. The molecule has 1 aliphatic carbocycles. The molecule has 0 atom stereocenters. The van der Waals surface area contributed by atoms with Gasteiger partial charge in [-0.15, -0.1) is 0 Å². The largest absolute Gasteiger partial charge is 0.216 e. The van der Waals surface area contributed by atoms with Crippen LogP contribution >= 0.6 is 0 Å². The van der Waals surface area contributed by atoms with E-state index in [2.05, 4.69) is 0 Å². The summed E-state index contributed by atoms with van der Waals surface area (Å²) in [6.45, 7) is 0. The lowest BCUT2D eigenvalue weighted by molar-refractivity contribution is 0.305. The van der Waals surface area contributed by atoms with Gasteiger partial charge in [-0.1, -0.05) is 18.6 Å². The van der Waals surface area contributed by atoms with E-state index in [0.717, 1.165) is 56.4 Å². The minimum Gasteiger partial charge on any atom is -0.216 e. The molecule has 0 N–H and O–H groups in total. The summed E-state index contributed by atoms with van der Waals surface area (Å²) >= 11 is 0. The van der Waals surface area contributed by atoms with E-state index >= 15 is 0 Å². The Balaban J connectivity index is 1.83. The second kappa shape index (κ2) is 7.93. The van der Waals surface area contributed by atoms with Crippen molar-refractivity contribution in [2.24, 2.45) is 5.92 Å². The van der Waals surface area contributed by atoms with Crippen LogP contribution in [0.2, 0.25) is 0 Å². The molecule has 0 spiro atoms. The Labute approximate surface area is 125 Å². The van der Waals surface area contributed by atoms with Crippen LogP contribution in [0.15, 0.2) is 30.6 Å². The summed E-state index contributed by atoms with van der Waals surface area (Å²) in [6, 6.07) is 6.85. The number of hydrogen-bond acceptors (Lipinski definition) is 1. The average molecular weight is 289 g/mol. The molecule has 0 unspecified atom stereocenters. The Morgan fingerprint density at radius 3 is 2.62 bits per heavy atom. The first-order valence-corrected chi connectivity index (χ1v) is 7.69. The number of unbranched alkanes of at least 4 members (excludes halogenated alkanes) is 1. The van der Waals surface area contributed by atoms with Crippen molar-refractivity contribution in [3.63, 3.8) is 0 Å². The molecule has 3 heteroatoms. The highest BCUT2D eigenvalue weighted by Crippen LogP contribution is 2.38. The van der Waals surface area contributed by atoms with E-state index in [4.69, 9.17) is 5.26 Å². The van der Waals surface area contributed by atoms with E-state index < -0.39 is 5.82 Å². The molecule has 1 aromatic carbocycles. The lowest BCUT2D eigenvalue weighted by atomic mass is 9.77. The van der Waals surface area contributed by atoms with E-state index in [1.54, 1.807) is 12.1 Å². The van der Waals surface area contributed by atoms with Crippen LogP contribution in [-0.4, -0.2) is 0 Å². The number of nitriles is 1. The smallest absolute Gasteiger partial charge is 0.141 e. The fraction of sp³-hybridized carbons (Fsp3) is 0.500. The first-order chi connectivity index (χ1) is 10.2. The molecule has 2 rings (SSSR count). The Kier molecular flexibility index (Phi) is 5.92. The van der Waals surface area contributed by atoms with Crippen molar-refractivity contribution >= 4 is 0 Å². The lowest BCUT2D eigenvalue weighted by Crippen LogP contribution is -2.13. The highest BCUT2D eigenvalue weighted by molar-refractivity contribution is 5.34. The fourth-order valence-corrected chi connectivity index (χ4v) is 3.25. The zero-order valence-corrected chi connectivity index (χ0v) is 12.2. The lowest BCUT2D eigenvalue weighted by Gasteiger charge is -2.28. The molecule has 0 saturated heterocycles. The predicted molar refractivity (Wildman–Crippen MR) is 79.9 cm³/mol. The summed E-state index contributed by atoms with van der Waals surface area (Å²) in [7, 11) is 0. The molecule has 21 heavy (non-hydrogen) atoms. The van der Waals surface area contributed by atoms with Crippen LogP contribution in [0.25, 0.3) is 0 Å². The summed E-state index contributed by atoms with van der Waals surface area (Å²) in [6.07, 6.45) is 9.68. The number of hydrogen-bond donors (Lipinski definition) is 0. The second-order valence-corrected chi connectivity index (χ2v) is 5.86. The van der Waals surface area contributed by atoms with Crippen LogP contribution in [0, 0.1) is 23.1 Å². The van der Waals surface area contributed by atoms with Gasteiger partial charge < -0.3 is 0 Å². The molecule has 0 radical (unpaired) electrons. The third-order valence-electron chi connectivity index (χ3n) is 4.50. The number of allylic oxidation sites excluding steroid dienone is 1. The molecule has 0 bridgehead atoms. The first-order valence-electron chi connectivity index (χ1n) is 7.69. The van der Waals surface area contributed by atoms with E-state index in [9.17, 15) is 8.78 Å². The molecule has 0 heterocycles. The SMILES string of the molecule is N#Cc1ccc([C@H]2CC[C@H](CCCC=CF)CC2)cc1F. The van der Waals surface area contributed by atoms with Crippen LogP contribution in [0.4, 0.5) is 8.78 Å². The zero-order chi connectivity index (χ0) is 15.1. The van der Waals surface area contributed by atoms with Crippen molar-refractivity contribution in [3.8, 4) is 6.07 Å². The monoisotopic (exact) mass is 289 g/mol. The van der Waals surface area contributed by atoms with Gasteiger partial charge in [0.2, 0.25) is 0 Å². The summed E-state index contributed by atoms with van der Waals surface area (Å²) in [5, 5.41) is 8.76. The number of halogens is 2. The van der Waals surface area contributed by atoms with Crippen molar-refractivity contribution in [2.75, 3.05) is 0 Å². The molecule has 1 fully saturated rings. The van der Waals surface area contributed by atoms with Crippen molar-refractivity contribution in [2.45, 2.75) is 50.9 Å². The molecular weight excluding hydrogens is 268 g/mol. The Morgan fingerprint density at radius 2 is 2.00 bits per heavy atom. The summed E-state index contributed by atoms with van der Waals surface area (Å²) in [5.41, 5.74) is 1.14. The third-order valence-corrected chi connectivity index (χ3v) is 4.50. The van der Waals surface area contributed by atoms with E-state index in [-0.39, 0.29) is 5.56 Å². The standard InChI is InChI=1S/C18H21F2N/c19-11-3-1-2-4-14-5-7-15(8-6-14)16-9-10-17(13-21)18(20)12-16/h3,9-12,14-15H,1-2,4-8H2/t14-,15-. The summed E-state index contributed by atoms with van der Waals surface area (Å²) in [5.74, 6) is 0.724. The van der Waals surface area contributed by atoms with Crippen molar-refractivity contribution in [3.05, 3.63) is 47.5 Å². The van der Waals surface area contributed by atoms with E-state index in [0.29, 0.717) is 12.2 Å². The van der Waals surface area contributed by atoms with Gasteiger partial charge in [0.15, 0.2) is 0 Å². The van der Waals surface area contributed by atoms with Crippen LogP contribution in [0.3, 0.4) is 0 Å². The van der Waals surface area contributed by atoms with Gasteiger partial charge in [0, 0.05) is 0 Å². The van der Waals surface area contributed by atoms with Gasteiger partial charge in [-0.3, -0.25) is 0 Å². The molecule has 0 amide bonds. The topological polar surface area (TPSA) is 23.8 Å². The Bertz CT molecular complexity index is 523. The van der Waals surface area contributed by atoms with Crippen LogP contribution in [-0.2, 0) is 0 Å². The zero-order valence-electron chi connectivity index (χ0n) is 12.2. The van der Waals surface area contributed by atoms with Gasteiger partial charge in [-0.05, 0) is 68.1 Å². The second-order valence-electron chi connectivity index (χ2n) is 5.86. The molecule has 0 aliphatic heterocycles. The maximum Gasteiger partial charge on any atom is 0.141 e. The van der Waals surface area contributed by atoms with Gasteiger partial charge in [-0.2, -0.15) is 5.26 Å². The van der Waals surface area contributed by atoms with Crippen molar-refractivity contribution < 1.29 is 8.78 Å². The van der Waals surface area contributed by atoms with E-state index in [1.165, 1.54) is 6.07 Å². The van der Waals surface area contributed by atoms with Crippen molar-refractivity contribution in [1.29, 1.82) is 5.26 Å². The Morgan fingerprint density at radius 1 is 1.24 bits per heavy atom. The number of nitrogens with zero attached hydrogens (tertiary/aromatic N) is 1. The first kappa shape index (κ1) is 15.7. The third kappa shape index (κ3) is 4.39. The number of rotatable bonds is 5. The molecule has 1 nitrogen and oxygen atoms in total. The van der Waals surface area contributed by atoms with Crippen LogP contribution in [0.1, 0.15) is 62.0 Å². The summed E-state index contributed by atoms with van der Waals surface area (Å²) < 4.78 is 25.5. The minimum atomic E-state index is -0.407. The minimum absolute atomic E-state index is 0.119. The Hall–Kier alpha value is -1.69. The molecule has 0 aromatic heterocycles. The van der Waals surface area contributed by atoms with Gasteiger partial charge in [0.25, 0.3) is 0 Å². The maximum absolute atomic E-state index is 13.7.